The fourth-order valence-corrected chi connectivity index (χ4v) is 0.360. The summed E-state index contributed by atoms with van der Waals surface area (Å²) in [5, 5.41) is 6.14. The topological polar surface area (TPSA) is 67.6 Å². The Morgan fingerprint density at radius 2 is 2.57 bits per heavy atom. The minimum Gasteiger partial charge on any atom is -0.367 e. The second-order valence-electron chi connectivity index (χ2n) is 1.28. The summed E-state index contributed by atoms with van der Waals surface area (Å²) in [6, 6.07) is 0. The number of aromatic nitrogens is 3. The van der Waals surface area contributed by atoms with E-state index in [4.69, 9.17) is 5.73 Å². The Labute approximate surface area is 42.2 Å². The van der Waals surface area contributed by atoms with Crippen LogP contribution in [0.15, 0.2) is 0 Å². The quantitative estimate of drug-likeness (QED) is 0.480. The number of nitrogens with one attached hydrogen (secondary N) is 1. The summed E-state index contributed by atoms with van der Waals surface area (Å²) in [5.41, 5.74) is 5.13. The first-order valence-electron chi connectivity index (χ1n) is 1.93. The van der Waals surface area contributed by atoms with Crippen LogP contribution >= 0.6 is 0 Å². The Kier molecular flexibility index (Phi) is 0.714. The summed E-state index contributed by atoms with van der Waals surface area (Å²) >= 11 is 0. The highest BCUT2D eigenvalue weighted by Gasteiger charge is 1.86. The van der Waals surface area contributed by atoms with Crippen molar-refractivity contribution < 1.29 is 1.43 Å². The van der Waals surface area contributed by atoms with Gasteiger partial charge < -0.3 is 5.73 Å². The molecule has 0 aliphatic heterocycles. The molecule has 0 unspecified atom stereocenters. The zero-order valence-corrected chi connectivity index (χ0v) is 3.97. The summed E-state index contributed by atoms with van der Waals surface area (Å²) in [6.07, 6.45) is 0. The highest BCUT2D eigenvalue weighted by molar-refractivity contribution is 5.11. The fourth-order valence-electron chi connectivity index (χ4n) is 0.360. The number of H-pyrrole nitrogens is 1. The molecule has 4 nitrogen and oxygen atoms in total. The van der Waals surface area contributed by atoms with E-state index in [2.05, 4.69) is 15.2 Å². The van der Waals surface area contributed by atoms with Crippen LogP contribution in [0.5, 0.6) is 0 Å². The molecule has 7 heavy (non-hydrogen) atoms. The van der Waals surface area contributed by atoms with Crippen molar-refractivity contribution in [3.8, 4) is 0 Å². The number of nitrogens with two attached hydrogens (primary N) is 1. The number of aromatic amines is 1. The molecule has 0 atom stereocenters. The molecular weight excluding hydrogens is 92.1 g/mol. The molecule has 0 aliphatic rings. The van der Waals surface area contributed by atoms with E-state index in [0.29, 0.717) is 5.95 Å². The third kappa shape index (κ3) is 0.677. The van der Waals surface area contributed by atoms with Crippen molar-refractivity contribution in [3.05, 3.63) is 5.82 Å². The van der Waals surface area contributed by atoms with Crippen molar-refractivity contribution in [2.75, 3.05) is 5.73 Å². The molecule has 4 heteroatoms. The SMILES string of the molecule is Cc1nc(N)n[nH]1.[HH]. The normalized spacial score (nSPS) is 9.29. The van der Waals surface area contributed by atoms with Gasteiger partial charge in [0.05, 0.1) is 0 Å². The van der Waals surface area contributed by atoms with E-state index in [9.17, 15) is 0 Å². The standard InChI is InChI=1S/C3H6N4.H2/c1-2-5-3(4)7-6-2;/h1H3,(H3,4,5,6,7);1H. The third-order valence-electron chi connectivity index (χ3n) is 0.615. The summed E-state index contributed by atoms with van der Waals surface area (Å²) in [7, 11) is 0. The molecule has 0 spiro atoms. The molecule has 3 N–H and O–H groups in total. The van der Waals surface area contributed by atoms with E-state index < -0.39 is 0 Å². The maximum atomic E-state index is 5.13. The van der Waals surface area contributed by atoms with Gasteiger partial charge in [-0.1, -0.05) is 0 Å². The van der Waals surface area contributed by atoms with Crippen molar-refractivity contribution in [1.82, 2.24) is 15.2 Å². The van der Waals surface area contributed by atoms with Crippen LogP contribution in [-0.4, -0.2) is 15.2 Å². The molecule has 0 radical (unpaired) electrons. The molecule has 40 valence electrons. The largest absolute Gasteiger partial charge is 0.367 e. The predicted octanol–water partition coefficient (Wildman–Crippen LogP) is -0.0587. The summed E-state index contributed by atoms with van der Waals surface area (Å²) in [6.45, 7) is 1.80. The van der Waals surface area contributed by atoms with E-state index in [1.54, 1.807) is 6.92 Å². The Balaban J connectivity index is 0.000000490. The smallest absolute Gasteiger partial charge is 0.239 e. The molecule has 0 fully saturated rings. The lowest BCUT2D eigenvalue weighted by atomic mass is 10.8. The van der Waals surface area contributed by atoms with Gasteiger partial charge in [-0.25, -0.2) is 0 Å². The highest BCUT2D eigenvalue weighted by Crippen LogP contribution is 1.86. The number of nitrogen functional groups attached to an aromatic ring is 1. The van der Waals surface area contributed by atoms with Crippen molar-refractivity contribution in [3.63, 3.8) is 0 Å². The molecule has 0 amide bonds. The lowest BCUT2D eigenvalue weighted by Crippen LogP contribution is -1.84. The second-order valence-corrected chi connectivity index (χ2v) is 1.28. The van der Waals surface area contributed by atoms with Crippen LogP contribution in [0.3, 0.4) is 0 Å². The second kappa shape index (κ2) is 1.22. The van der Waals surface area contributed by atoms with E-state index in [-0.39, 0.29) is 1.43 Å². The average Bonchev–Trinajstić information content (AvgIpc) is 1.87. The van der Waals surface area contributed by atoms with E-state index in [1.165, 1.54) is 0 Å². The first-order valence-corrected chi connectivity index (χ1v) is 1.93. The zero-order chi connectivity index (χ0) is 5.28. The molecule has 1 rings (SSSR count). The van der Waals surface area contributed by atoms with E-state index in [1.807, 2.05) is 0 Å². The molecule has 1 aromatic rings. The number of anilines is 1. The van der Waals surface area contributed by atoms with Crippen molar-refractivity contribution in [2.45, 2.75) is 6.92 Å². The van der Waals surface area contributed by atoms with Crippen molar-refractivity contribution in [2.24, 2.45) is 0 Å². The van der Waals surface area contributed by atoms with Crippen LogP contribution in [0.1, 0.15) is 7.25 Å². The number of aryl methyl sites for hydroxylation is 1. The molecule has 1 heterocycles. The van der Waals surface area contributed by atoms with Crippen LogP contribution in [-0.2, 0) is 0 Å². The Morgan fingerprint density at radius 1 is 1.86 bits per heavy atom. The Morgan fingerprint density at radius 3 is 2.71 bits per heavy atom. The van der Waals surface area contributed by atoms with E-state index in [0.717, 1.165) is 5.82 Å². The van der Waals surface area contributed by atoms with Crippen molar-refractivity contribution >= 4 is 5.95 Å². The molecule has 1 aromatic heterocycles. The predicted molar refractivity (Wildman–Crippen MR) is 27.6 cm³/mol. The number of rotatable bonds is 0. The third-order valence-corrected chi connectivity index (χ3v) is 0.615. The summed E-state index contributed by atoms with van der Waals surface area (Å²) in [5.74, 6) is 1.05. The van der Waals surface area contributed by atoms with Crippen LogP contribution in [0.25, 0.3) is 0 Å². The van der Waals surface area contributed by atoms with Gasteiger partial charge in [-0.2, -0.15) is 4.98 Å². The Bertz CT molecular complexity index is 144. The number of hydrogen-bond acceptors (Lipinski definition) is 3. The van der Waals surface area contributed by atoms with Gasteiger partial charge in [-0.15, -0.1) is 5.10 Å². The summed E-state index contributed by atoms with van der Waals surface area (Å²) in [4.78, 5) is 3.72. The highest BCUT2D eigenvalue weighted by atomic mass is 15.2. The Hall–Kier alpha value is -1.06. The van der Waals surface area contributed by atoms with Gasteiger partial charge in [0.1, 0.15) is 5.82 Å². The van der Waals surface area contributed by atoms with Gasteiger partial charge in [-0.05, 0) is 6.92 Å². The maximum absolute atomic E-state index is 5.13. The maximum Gasteiger partial charge on any atom is 0.239 e. The molecule has 0 saturated heterocycles. The van der Waals surface area contributed by atoms with Gasteiger partial charge in [0.2, 0.25) is 5.95 Å². The zero-order valence-electron chi connectivity index (χ0n) is 3.97. The molecular formula is C3H8N4. The monoisotopic (exact) mass is 100 g/mol. The lowest BCUT2D eigenvalue weighted by Gasteiger charge is -1.68. The van der Waals surface area contributed by atoms with Gasteiger partial charge in [0.25, 0.3) is 0 Å². The lowest BCUT2D eigenvalue weighted by molar-refractivity contribution is 1.04. The minimum atomic E-state index is 0. The number of nitrogens with zero attached hydrogens (tertiary/aromatic N) is 2. The minimum absolute atomic E-state index is 0. The van der Waals surface area contributed by atoms with Crippen LogP contribution in [0, 0.1) is 6.92 Å². The first kappa shape index (κ1) is 4.11. The van der Waals surface area contributed by atoms with Crippen LogP contribution in [0.2, 0.25) is 0 Å². The summed E-state index contributed by atoms with van der Waals surface area (Å²) < 4.78 is 0. The number of hydrogen-bond donors (Lipinski definition) is 2. The van der Waals surface area contributed by atoms with Crippen molar-refractivity contribution in [1.29, 1.82) is 0 Å². The van der Waals surface area contributed by atoms with Crippen LogP contribution in [0.4, 0.5) is 5.95 Å². The average molecular weight is 100 g/mol. The van der Waals surface area contributed by atoms with Gasteiger partial charge in [0, 0.05) is 1.43 Å². The van der Waals surface area contributed by atoms with Gasteiger partial charge in [0.15, 0.2) is 0 Å². The first-order chi connectivity index (χ1) is 3.29. The van der Waals surface area contributed by atoms with Gasteiger partial charge in [-0.3, -0.25) is 5.10 Å². The fraction of sp³-hybridized carbons (Fsp3) is 0.333. The molecule has 0 saturated carbocycles. The van der Waals surface area contributed by atoms with Crippen LogP contribution < -0.4 is 5.73 Å². The molecule has 0 bridgehead atoms. The molecule has 0 aliphatic carbocycles. The van der Waals surface area contributed by atoms with E-state index >= 15 is 0 Å². The molecule has 0 aromatic carbocycles. The van der Waals surface area contributed by atoms with Gasteiger partial charge >= 0.3 is 0 Å².